The second-order valence-corrected chi connectivity index (χ2v) is 5.84. The summed E-state index contributed by atoms with van der Waals surface area (Å²) in [7, 11) is 1.34. The fraction of sp³-hybridized carbons (Fsp3) is 0.200. The van der Waals surface area contributed by atoms with Gasteiger partial charge in [0.05, 0.1) is 7.11 Å². The topological polar surface area (TPSA) is 55.4 Å². The number of rotatable bonds is 4. The summed E-state index contributed by atoms with van der Waals surface area (Å²) in [6.45, 7) is 1.41. The van der Waals surface area contributed by atoms with E-state index in [-0.39, 0.29) is 5.91 Å². The van der Waals surface area contributed by atoms with E-state index < -0.39 is 11.5 Å². The Hall–Kier alpha value is -2.88. The first-order valence-corrected chi connectivity index (χ1v) is 7.80. The van der Waals surface area contributed by atoms with Crippen molar-refractivity contribution in [2.45, 2.75) is 18.9 Å². The van der Waals surface area contributed by atoms with Crippen LogP contribution < -0.4 is 5.32 Å². The Balaban J connectivity index is 2.17. The lowest BCUT2D eigenvalue weighted by Crippen LogP contribution is -2.43. The second-order valence-electron chi connectivity index (χ2n) is 5.84. The Labute approximate surface area is 141 Å². The van der Waals surface area contributed by atoms with Gasteiger partial charge in [0.15, 0.2) is 5.54 Å². The van der Waals surface area contributed by atoms with Crippen LogP contribution in [0.1, 0.15) is 24.5 Å². The van der Waals surface area contributed by atoms with Crippen molar-refractivity contribution in [1.29, 1.82) is 0 Å². The molecule has 1 aliphatic rings. The number of hydrogen-bond acceptors (Lipinski definition) is 3. The monoisotopic (exact) mass is 321 g/mol. The summed E-state index contributed by atoms with van der Waals surface area (Å²) in [6, 6.07) is 19.7. The van der Waals surface area contributed by atoms with Gasteiger partial charge in [-0.1, -0.05) is 60.7 Å². The third-order valence-electron chi connectivity index (χ3n) is 4.18. The fourth-order valence-electron chi connectivity index (χ4n) is 3.09. The molecule has 2 aromatic rings. The molecule has 24 heavy (non-hydrogen) atoms. The minimum atomic E-state index is -1.05. The summed E-state index contributed by atoms with van der Waals surface area (Å²) in [5, 5.41) is 2.78. The van der Waals surface area contributed by atoms with Gasteiger partial charge in [0, 0.05) is 13.3 Å². The molecule has 1 atom stereocenters. The third kappa shape index (κ3) is 2.83. The molecule has 4 nitrogen and oxygen atoms in total. The van der Waals surface area contributed by atoms with Crippen LogP contribution in [0, 0.1) is 0 Å². The van der Waals surface area contributed by atoms with Crippen LogP contribution in [-0.4, -0.2) is 24.5 Å². The molecular weight excluding hydrogens is 302 g/mol. The molecule has 122 valence electrons. The van der Waals surface area contributed by atoms with E-state index in [0.29, 0.717) is 6.42 Å². The number of hydrogen-bond donors (Lipinski definition) is 1. The highest BCUT2D eigenvalue weighted by Crippen LogP contribution is 2.50. The van der Waals surface area contributed by atoms with Crippen molar-refractivity contribution in [3.8, 4) is 0 Å². The molecule has 4 heteroatoms. The van der Waals surface area contributed by atoms with Crippen LogP contribution in [0.4, 0.5) is 0 Å². The van der Waals surface area contributed by atoms with Crippen LogP contribution >= 0.6 is 0 Å². The van der Waals surface area contributed by atoms with Gasteiger partial charge in [-0.25, -0.2) is 4.79 Å². The van der Waals surface area contributed by atoms with Gasteiger partial charge in [-0.05, 0) is 22.3 Å². The molecule has 1 aliphatic carbocycles. The number of ether oxygens (including phenoxy) is 1. The van der Waals surface area contributed by atoms with Crippen LogP contribution in [0.2, 0.25) is 0 Å². The molecule has 3 rings (SSSR count). The molecule has 1 saturated carbocycles. The number of benzene rings is 2. The van der Waals surface area contributed by atoms with Crippen LogP contribution in [0.5, 0.6) is 0 Å². The van der Waals surface area contributed by atoms with Gasteiger partial charge in [-0.15, -0.1) is 0 Å². The Bertz CT molecular complexity index is 755. The number of carbonyl (C=O) groups excluding carboxylic acids is 2. The second kappa shape index (κ2) is 6.32. The number of amides is 1. The Morgan fingerprint density at radius 1 is 0.958 bits per heavy atom. The molecular formula is C20H19NO3. The van der Waals surface area contributed by atoms with Crippen LogP contribution in [0.25, 0.3) is 5.57 Å². The molecule has 0 unspecified atom stereocenters. The summed E-state index contributed by atoms with van der Waals surface area (Å²) in [4.78, 5) is 24.0. The van der Waals surface area contributed by atoms with E-state index in [1.807, 2.05) is 60.7 Å². The molecule has 1 fully saturated rings. The molecule has 0 aromatic heterocycles. The molecule has 0 spiro atoms. The van der Waals surface area contributed by atoms with Crippen LogP contribution in [0.3, 0.4) is 0 Å². The van der Waals surface area contributed by atoms with E-state index in [1.165, 1.54) is 14.0 Å². The van der Waals surface area contributed by atoms with Gasteiger partial charge in [0.1, 0.15) is 0 Å². The summed E-state index contributed by atoms with van der Waals surface area (Å²) < 4.78 is 4.94. The summed E-state index contributed by atoms with van der Waals surface area (Å²) in [5.74, 6) is -0.687. The van der Waals surface area contributed by atoms with Crippen LogP contribution in [0.15, 0.2) is 66.2 Å². The third-order valence-corrected chi connectivity index (χ3v) is 4.18. The fourth-order valence-corrected chi connectivity index (χ4v) is 3.09. The van der Waals surface area contributed by atoms with Gasteiger partial charge in [0.25, 0.3) is 0 Å². The van der Waals surface area contributed by atoms with E-state index in [9.17, 15) is 9.59 Å². The molecule has 1 N–H and O–H groups in total. The van der Waals surface area contributed by atoms with E-state index in [4.69, 9.17) is 4.74 Å². The first-order chi connectivity index (χ1) is 11.6. The van der Waals surface area contributed by atoms with Gasteiger partial charge in [-0.3, -0.25) is 4.79 Å². The smallest absolute Gasteiger partial charge is 0.336 e. The van der Waals surface area contributed by atoms with Crippen molar-refractivity contribution in [1.82, 2.24) is 5.32 Å². The van der Waals surface area contributed by atoms with Crippen LogP contribution in [-0.2, 0) is 14.3 Å². The normalized spacial score (nSPS) is 18.7. The lowest BCUT2D eigenvalue weighted by Gasteiger charge is -2.15. The maximum absolute atomic E-state index is 12.3. The first kappa shape index (κ1) is 16.0. The Kier molecular flexibility index (Phi) is 4.21. The maximum Gasteiger partial charge on any atom is 0.336 e. The predicted molar refractivity (Wildman–Crippen MR) is 92.1 cm³/mol. The number of nitrogens with one attached hydrogen (secondary N) is 1. The van der Waals surface area contributed by atoms with E-state index >= 15 is 0 Å². The Morgan fingerprint density at radius 3 is 1.88 bits per heavy atom. The molecule has 0 saturated heterocycles. The van der Waals surface area contributed by atoms with Gasteiger partial charge < -0.3 is 10.1 Å². The highest BCUT2D eigenvalue weighted by Gasteiger charge is 2.59. The zero-order chi connectivity index (χ0) is 17.2. The number of methoxy groups -OCH3 is 1. The minimum absolute atomic E-state index is 0.254. The predicted octanol–water partition coefficient (Wildman–Crippen LogP) is 2.94. The first-order valence-electron chi connectivity index (χ1n) is 7.80. The SMILES string of the molecule is COC(=O)[C@]1(NC(C)=O)CC1=C(c1ccccc1)c1ccccc1. The van der Waals surface area contributed by atoms with Gasteiger partial charge in [0.2, 0.25) is 5.91 Å². The number of carbonyl (C=O) groups is 2. The highest BCUT2D eigenvalue weighted by atomic mass is 16.5. The van der Waals surface area contributed by atoms with Crippen molar-refractivity contribution in [2.75, 3.05) is 7.11 Å². The zero-order valence-corrected chi connectivity index (χ0v) is 13.7. The van der Waals surface area contributed by atoms with Crippen molar-refractivity contribution >= 4 is 17.4 Å². The molecule has 2 aromatic carbocycles. The van der Waals surface area contributed by atoms with Crippen molar-refractivity contribution in [2.24, 2.45) is 0 Å². The maximum atomic E-state index is 12.3. The standard InChI is InChI=1S/C20H19NO3/c1-14(22)21-20(19(23)24-2)13-17(20)18(15-9-5-3-6-10-15)16-11-7-4-8-12-16/h3-12H,13H2,1-2H3,(H,21,22)/t20-/m0/s1. The Morgan fingerprint density at radius 2 is 1.46 bits per heavy atom. The molecule has 0 heterocycles. The van der Waals surface area contributed by atoms with E-state index in [2.05, 4.69) is 5.32 Å². The molecule has 0 bridgehead atoms. The molecule has 0 aliphatic heterocycles. The lowest BCUT2D eigenvalue weighted by molar-refractivity contribution is -0.145. The summed E-state index contributed by atoms with van der Waals surface area (Å²) in [5.41, 5.74) is 2.81. The quantitative estimate of drug-likeness (QED) is 0.881. The minimum Gasteiger partial charge on any atom is -0.467 e. The average molecular weight is 321 g/mol. The average Bonchev–Trinajstić information content (AvgIpc) is 3.30. The van der Waals surface area contributed by atoms with E-state index in [1.54, 1.807) is 0 Å². The zero-order valence-electron chi connectivity index (χ0n) is 13.7. The highest BCUT2D eigenvalue weighted by molar-refractivity contribution is 6.02. The summed E-state index contributed by atoms with van der Waals surface area (Å²) >= 11 is 0. The van der Waals surface area contributed by atoms with E-state index in [0.717, 1.165) is 22.3 Å². The van der Waals surface area contributed by atoms with Crippen molar-refractivity contribution < 1.29 is 14.3 Å². The van der Waals surface area contributed by atoms with Crippen molar-refractivity contribution in [3.63, 3.8) is 0 Å². The lowest BCUT2D eigenvalue weighted by atomic mass is 9.95. The van der Waals surface area contributed by atoms with Gasteiger partial charge >= 0.3 is 5.97 Å². The molecule has 1 amide bonds. The number of esters is 1. The van der Waals surface area contributed by atoms with Gasteiger partial charge in [-0.2, -0.15) is 0 Å². The molecule has 0 radical (unpaired) electrons. The largest absolute Gasteiger partial charge is 0.467 e. The summed E-state index contributed by atoms with van der Waals surface area (Å²) in [6.07, 6.45) is 0.457. The van der Waals surface area contributed by atoms with Crippen molar-refractivity contribution in [3.05, 3.63) is 77.4 Å².